The molecule has 0 aliphatic rings. The molecule has 0 radical (unpaired) electrons. The Morgan fingerprint density at radius 1 is 0.870 bits per heavy atom. The maximum Gasteiger partial charge on any atom is 0.250 e. The summed E-state index contributed by atoms with van der Waals surface area (Å²) in [6, 6.07) is 22.1. The Bertz CT molecular complexity index is 830. The van der Waals surface area contributed by atoms with Gasteiger partial charge in [0.15, 0.2) is 0 Å². The van der Waals surface area contributed by atoms with E-state index in [1.165, 1.54) is 16.3 Å². The van der Waals surface area contributed by atoms with Crippen molar-refractivity contribution in [1.82, 2.24) is 0 Å². The third-order valence-electron chi connectivity index (χ3n) is 3.60. The lowest BCUT2D eigenvalue weighted by Crippen LogP contribution is -2.15. The van der Waals surface area contributed by atoms with Crippen LogP contribution in [0.5, 0.6) is 0 Å². The van der Waals surface area contributed by atoms with Gasteiger partial charge in [-0.15, -0.1) is 0 Å². The van der Waals surface area contributed by atoms with E-state index in [9.17, 15) is 4.79 Å². The molecule has 0 spiro atoms. The van der Waals surface area contributed by atoms with Crippen molar-refractivity contribution >= 4 is 28.1 Å². The van der Waals surface area contributed by atoms with Crippen LogP contribution in [0.15, 0.2) is 66.7 Å². The van der Waals surface area contributed by atoms with Gasteiger partial charge in [0.25, 0.3) is 0 Å². The first kappa shape index (κ1) is 15.1. The second kappa shape index (κ2) is 6.94. The lowest BCUT2D eigenvalue weighted by atomic mass is 10.1. The van der Waals surface area contributed by atoms with Crippen molar-refractivity contribution in [2.75, 3.05) is 17.2 Å². The van der Waals surface area contributed by atoms with Crippen molar-refractivity contribution in [3.63, 3.8) is 0 Å². The Labute approximate surface area is 134 Å². The van der Waals surface area contributed by atoms with Gasteiger partial charge in [-0.1, -0.05) is 42.5 Å². The number of aliphatic hydroxyl groups is 1. The molecule has 116 valence electrons. The van der Waals surface area contributed by atoms with E-state index >= 15 is 0 Å². The molecule has 0 aromatic heterocycles. The van der Waals surface area contributed by atoms with E-state index in [-0.39, 0.29) is 0 Å². The molecular weight excluding hydrogens is 288 g/mol. The van der Waals surface area contributed by atoms with E-state index in [1.54, 1.807) is 6.07 Å². The fourth-order valence-corrected chi connectivity index (χ4v) is 2.46. The van der Waals surface area contributed by atoms with Gasteiger partial charge in [0.1, 0.15) is 6.61 Å². The van der Waals surface area contributed by atoms with Crippen molar-refractivity contribution in [3.05, 3.63) is 72.3 Å². The average molecular weight is 306 g/mol. The Balaban J connectivity index is 1.69. The molecule has 23 heavy (non-hydrogen) atoms. The van der Waals surface area contributed by atoms with E-state index < -0.39 is 12.5 Å². The largest absolute Gasteiger partial charge is 0.387 e. The average Bonchev–Trinajstić information content (AvgIpc) is 2.60. The van der Waals surface area contributed by atoms with Gasteiger partial charge in [-0.2, -0.15) is 0 Å². The second-order valence-electron chi connectivity index (χ2n) is 5.32. The third-order valence-corrected chi connectivity index (χ3v) is 3.60. The topological polar surface area (TPSA) is 61.4 Å². The molecule has 0 aliphatic carbocycles. The number of carbonyl (C=O) groups excluding carboxylic acids is 1. The summed E-state index contributed by atoms with van der Waals surface area (Å²) in [4.78, 5) is 11.2. The zero-order valence-corrected chi connectivity index (χ0v) is 12.6. The molecule has 0 saturated carbocycles. The maximum atomic E-state index is 11.2. The molecule has 0 aliphatic heterocycles. The van der Waals surface area contributed by atoms with Crippen LogP contribution in [0.25, 0.3) is 10.8 Å². The van der Waals surface area contributed by atoms with Crippen LogP contribution in [0.2, 0.25) is 0 Å². The maximum absolute atomic E-state index is 11.2. The SMILES string of the molecule is O=C(CO)Nc1cccc(NCc2ccc3ccccc3c2)c1. The molecule has 0 bridgehead atoms. The molecule has 3 aromatic rings. The molecule has 1 amide bonds. The Morgan fingerprint density at radius 2 is 1.65 bits per heavy atom. The minimum atomic E-state index is -0.519. The summed E-state index contributed by atoms with van der Waals surface area (Å²) in [6.45, 7) is 0.178. The highest BCUT2D eigenvalue weighted by molar-refractivity contribution is 5.92. The lowest BCUT2D eigenvalue weighted by Gasteiger charge is -2.10. The van der Waals surface area contributed by atoms with Crippen LogP contribution in [0.4, 0.5) is 11.4 Å². The third kappa shape index (κ3) is 3.87. The van der Waals surface area contributed by atoms with Gasteiger partial charge >= 0.3 is 0 Å². The normalized spacial score (nSPS) is 10.5. The molecule has 3 aromatic carbocycles. The molecule has 0 unspecified atom stereocenters. The quantitative estimate of drug-likeness (QED) is 0.677. The summed E-state index contributed by atoms with van der Waals surface area (Å²) in [5.74, 6) is -0.420. The van der Waals surface area contributed by atoms with Gasteiger partial charge in [-0.05, 0) is 40.6 Å². The van der Waals surface area contributed by atoms with E-state index in [0.717, 1.165) is 5.69 Å². The highest BCUT2D eigenvalue weighted by Gasteiger charge is 2.01. The highest BCUT2D eigenvalue weighted by atomic mass is 16.3. The molecule has 4 heteroatoms. The molecule has 4 nitrogen and oxygen atoms in total. The van der Waals surface area contributed by atoms with E-state index in [0.29, 0.717) is 12.2 Å². The standard InChI is InChI=1S/C19H18N2O2/c22-13-19(23)21-18-7-3-6-17(11-18)20-12-14-8-9-15-4-1-2-5-16(15)10-14/h1-11,20,22H,12-13H2,(H,21,23). The summed E-state index contributed by atoms with van der Waals surface area (Å²) >= 11 is 0. The fraction of sp³-hybridized carbons (Fsp3) is 0.105. The predicted molar refractivity (Wildman–Crippen MR) is 93.4 cm³/mol. The second-order valence-corrected chi connectivity index (χ2v) is 5.32. The number of anilines is 2. The first-order chi connectivity index (χ1) is 11.2. The minimum absolute atomic E-state index is 0.420. The van der Waals surface area contributed by atoms with Crippen molar-refractivity contribution in [3.8, 4) is 0 Å². The van der Waals surface area contributed by atoms with Gasteiger partial charge < -0.3 is 15.7 Å². The Morgan fingerprint density at radius 3 is 2.48 bits per heavy atom. The number of hydrogen-bond acceptors (Lipinski definition) is 3. The summed E-state index contributed by atoms with van der Waals surface area (Å²) in [7, 11) is 0. The molecule has 0 atom stereocenters. The molecule has 0 saturated heterocycles. The first-order valence-electron chi connectivity index (χ1n) is 7.47. The van der Waals surface area contributed by atoms with Gasteiger partial charge in [0.2, 0.25) is 5.91 Å². The van der Waals surface area contributed by atoms with Gasteiger partial charge in [0, 0.05) is 17.9 Å². The van der Waals surface area contributed by atoms with Crippen molar-refractivity contribution in [1.29, 1.82) is 0 Å². The Hall–Kier alpha value is -2.85. The van der Waals surface area contributed by atoms with Crippen LogP contribution in [-0.2, 0) is 11.3 Å². The number of aliphatic hydroxyl groups excluding tert-OH is 1. The number of hydrogen-bond donors (Lipinski definition) is 3. The summed E-state index contributed by atoms with van der Waals surface area (Å²) in [5, 5.41) is 17.2. The number of nitrogens with one attached hydrogen (secondary N) is 2. The molecule has 3 rings (SSSR count). The highest BCUT2D eigenvalue weighted by Crippen LogP contribution is 2.18. The van der Waals surface area contributed by atoms with Crippen LogP contribution in [0, 0.1) is 0 Å². The first-order valence-corrected chi connectivity index (χ1v) is 7.47. The van der Waals surface area contributed by atoms with Gasteiger partial charge in [-0.25, -0.2) is 0 Å². The van der Waals surface area contributed by atoms with Crippen LogP contribution in [0.1, 0.15) is 5.56 Å². The summed E-state index contributed by atoms with van der Waals surface area (Å²) in [6.07, 6.45) is 0. The minimum Gasteiger partial charge on any atom is -0.387 e. The smallest absolute Gasteiger partial charge is 0.250 e. The number of carbonyl (C=O) groups is 1. The monoisotopic (exact) mass is 306 g/mol. The van der Waals surface area contributed by atoms with E-state index in [1.807, 2.05) is 30.3 Å². The molecule has 0 heterocycles. The van der Waals surface area contributed by atoms with Crippen molar-refractivity contribution in [2.45, 2.75) is 6.54 Å². The molecule has 0 fully saturated rings. The van der Waals surface area contributed by atoms with Crippen molar-refractivity contribution < 1.29 is 9.90 Å². The fourth-order valence-electron chi connectivity index (χ4n) is 2.46. The number of benzene rings is 3. The van der Waals surface area contributed by atoms with E-state index in [2.05, 4.69) is 41.0 Å². The van der Waals surface area contributed by atoms with Gasteiger partial charge in [0.05, 0.1) is 0 Å². The number of amides is 1. The number of rotatable bonds is 5. The zero-order chi connectivity index (χ0) is 16.1. The zero-order valence-electron chi connectivity index (χ0n) is 12.6. The van der Waals surface area contributed by atoms with Crippen LogP contribution in [-0.4, -0.2) is 17.6 Å². The van der Waals surface area contributed by atoms with Gasteiger partial charge in [-0.3, -0.25) is 4.79 Å². The van der Waals surface area contributed by atoms with Crippen LogP contribution >= 0.6 is 0 Å². The molecular formula is C19H18N2O2. The van der Waals surface area contributed by atoms with Crippen molar-refractivity contribution in [2.24, 2.45) is 0 Å². The summed E-state index contributed by atoms with van der Waals surface area (Å²) < 4.78 is 0. The van der Waals surface area contributed by atoms with E-state index in [4.69, 9.17) is 5.11 Å². The Kier molecular flexibility index (Phi) is 4.54. The molecule has 3 N–H and O–H groups in total. The predicted octanol–water partition coefficient (Wildman–Crippen LogP) is 3.38. The summed E-state index contributed by atoms with van der Waals surface area (Å²) in [5.41, 5.74) is 2.76. The van der Waals surface area contributed by atoms with Crippen LogP contribution in [0.3, 0.4) is 0 Å². The van der Waals surface area contributed by atoms with Crippen LogP contribution < -0.4 is 10.6 Å². The lowest BCUT2D eigenvalue weighted by molar-refractivity contribution is -0.118. The number of fused-ring (bicyclic) bond motifs is 1.